The SMILES string of the molecule is COc1cc(C=C2c3ccccc3C(=O)c3ccccc32)ccc1OCCCCOc1cc2c(cc1OC)C(=O)N1CCC[C@H]1C=N2. The molecular weight excluding hydrogens is 592 g/mol. The molecule has 3 aliphatic rings. The molecule has 1 saturated heterocycles. The van der Waals surface area contributed by atoms with E-state index in [-0.39, 0.29) is 17.7 Å². The largest absolute Gasteiger partial charge is 0.493 e. The molecule has 2 heterocycles. The molecule has 0 bridgehead atoms. The van der Waals surface area contributed by atoms with Crippen LogP contribution in [0.2, 0.25) is 0 Å². The molecule has 0 unspecified atom stereocenters. The van der Waals surface area contributed by atoms with Gasteiger partial charge in [0.15, 0.2) is 28.8 Å². The molecule has 1 fully saturated rings. The van der Waals surface area contributed by atoms with Crippen molar-refractivity contribution in [3.63, 3.8) is 0 Å². The molecule has 7 rings (SSSR count). The van der Waals surface area contributed by atoms with Gasteiger partial charge in [-0.15, -0.1) is 0 Å². The van der Waals surface area contributed by atoms with E-state index in [4.69, 9.17) is 18.9 Å². The Hall–Kier alpha value is -5.37. The third kappa shape index (κ3) is 5.87. The van der Waals surface area contributed by atoms with Crippen molar-refractivity contribution in [2.45, 2.75) is 31.7 Å². The van der Waals surface area contributed by atoms with E-state index >= 15 is 0 Å². The summed E-state index contributed by atoms with van der Waals surface area (Å²) in [6.45, 7) is 1.69. The minimum absolute atomic E-state index is 0.0109. The van der Waals surface area contributed by atoms with Gasteiger partial charge in [0.05, 0.1) is 44.7 Å². The molecule has 47 heavy (non-hydrogen) atoms. The van der Waals surface area contributed by atoms with Gasteiger partial charge in [-0.25, -0.2) is 0 Å². The molecule has 1 atom stereocenters. The highest BCUT2D eigenvalue weighted by atomic mass is 16.5. The topological polar surface area (TPSA) is 86.7 Å². The fourth-order valence-corrected chi connectivity index (χ4v) is 6.53. The van der Waals surface area contributed by atoms with E-state index in [9.17, 15) is 9.59 Å². The van der Waals surface area contributed by atoms with Crippen LogP contribution in [-0.4, -0.2) is 62.8 Å². The summed E-state index contributed by atoms with van der Waals surface area (Å²) in [5, 5.41) is 0. The highest BCUT2D eigenvalue weighted by molar-refractivity contribution is 6.20. The Labute approximate surface area is 274 Å². The molecule has 2 aliphatic heterocycles. The quantitative estimate of drug-likeness (QED) is 0.150. The van der Waals surface area contributed by atoms with E-state index < -0.39 is 0 Å². The number of nitrogens with zero attached hydrogens (tertiary/aromatic N) is 2. The molecule has 0 radical (unpaired) electrons. The molecule has 0 N–H and O–H groups in total. The number of aliphatic imine (C=N–C) groups is 1. The van der Waals surface area contributed by atoms with Gasteiger partial charge in [0.25, 0.3) is 5.91 Å². The summed E-state index contributed by atoms with van der Waals surface area (Å²) < 4.78 is 23.4. The van der Waals surface area contributed by atoms with Gasteiger partial charge < -0.3 is 23.8 Å². The first-order valence-electron chi connectivity index (χ1n) is 16.0. The fourth-order valence-electron chi connectivity index (χ4n) is 6.53. The molecule has 0 aromatic heterocycles. The maximum absolute atomic E-state index is 13.1. The predicted molar refractivity (Wildman–Crippen MR) is 182 cm³/mol. The summed E-state index contributed by atoms with van der Waals surface area (Å²) in [5.41, 5.74) is 6.35. The minimum Gasteiger partial charge on any atom is -0.493 e. The number of hydrogen-bond acceptors (Lipinski definition) is 7. The monoisotopic (exact) mass is 628 g/mol. The summed E-state index contributed by atoms with van der Waals surface area (Å²) in [6.07, 6.45) is 7.41. The number of hydrogen-bond donors (Lipinski definition) is 0. The molecule has 238 valence electrons. The first kappa shape index (κ1) is 30.3. The second-order valence-corrected chi connectivity index (χ2v) is 11.8. The Bertz CT molecular complexity index is 1860. The van der Waals surface area contributed by atoms with Gasteiger partial charge in [-0.05, 0) is 72.2 Å². The van der Waals surface area contributed by atoms with E-state index in [0.29, 0.717) is 58.6 Å². The molecule has 0 spiro atoms. The van der Waals surface area contributed by atoms with Gasteiger partial charge in [-0.1, -0.05) is 54.6 Å². The molecule has 4 aromatic rings. The highest BCUT2D eigenvalue weighted by Crippen LogP contribution is 2.40. The number of ether oxygens (including phenoxy) is 4. The maximum atomic E-state index is 13.1. The Kier molecular flexibility index (Phi) is 8.48. The van der Waals surface area contributed by atoms with Crippen LogP contribution in [0.5, 0.6) is 23.0 Å². The molecular formula is C39H36N2O6. The van der Waals surface area contributed by atoms with Crippen LogP contribution < -0.4 is 18.9 Å². The first-order valence-corrected chi connectivity index (χ1v) is 16.0. The molecule has 1 aliphatic carbocycles. The smallest absolute Gasteiger partial charge is 0.256 e. The van der Waals surface area contributed by atoms with E-state index in [0.717, 1.165) is 54.5 Å². The summed E-state index contributed by atoms with van der Waals surface area (Å²) in [7, 11) is 3.21. The lowest BCUT2D eigenvalue weighted by Gasteiger charge is -2.21. The van der Waals surface area contributed by atoms with Crippen molar-refractivity contribution in [2.24, 2.45) is 4.99 Å². The Morgan fingerprint density at radius 2 is 1.38 bits per heavy atom. The van der Waals surface area contributed by atoms with Gasteiger partial charge in [0, 0.05) is 30.0 Å². The molecule has 8 heteroatoms. The Balaban J connectivity index is 0.986. The van der Waals surface area contributed by atoms with Crippen LogP contribution in [0.3, 0.4) is 0 Å². The van der Waals surface area contributed by atoms with Gasteiger partial charge >= 0.3 is 0 Å². The Morgan fingerprint density at radius 3 is 2.06 bits per heavy atom. The second-order valence-electron chi connectivity index (χ2n) is 11.8. The lowest BCUT2D eigenvalue weighted by molar-refractivity contribution is 0.0774. The summed E-state index contributed by atoms with van der Waals surface area (Å²) in [4.78, 5) is 32.7. The van der Waals surface area contributed by atoms with Crippen molar-refractivity contribution in [1.82, 2.24) is 4.90 Å². The van der Waals surface area contributed by atoms with Crippen LogP contribution in [0.4, 0.5) is 5.69 Å². The lowest BCUT2D eigenvalue weighted by atomic mass is 9.81. The predicted octanol–water partition coefficient (Wildman–Crippen LogP) is 7.40. The van der Waals surface area contributed by atoms with Crippen molar-refractivity contribution >= 4 is 35.2 Å². The van der Waals surface area contributed by atoms with Crippen LogP contribution in [0.1, 0.15) is 68.7 Å². The summed E-state index contributed by atoms with van der Waals surface area (Å²) in [5.74, 6) is 2.41. The van der Waals surface area contributed by atoms with Gasteiger partial charge in [0.2, 0.25) is 0 Å². The molecule has 4 aromatic carbocycles. The van der Waals surface area contributed by atoms with E-state index in [1.807, 2.05) is 77.8 Å². The number of carbonyl (C=O) groups is 2. The van der Waals surface area contributed by atoms with Gasteiger partial charge in [-0.2, -0.15) is 0 Å². The number of amides is 1. The first-order chi connectivity index (χ1) is 23.1. The van der Waals surface area contributed by atoms with Crippen molar-refractivity contribution in [1.29, 1.82) is 0 Å². The number of rotatable bonds is 10. The number of ketones is 1. The number of benzene rings is 4. The van der Waals surface area contributed by atoms with E-state index in [1.165, 1.54) is 0 Å². The van der Waals surface area contributed by atoms with Crippen molar-refractivity contribution in [3.8, 4) is 23.0 Å². The lowest BCUT2D eigenvalue weighted by Crippen LogP contribution is -2.35. The van der Waals surface area contributed by atoms with Gasteiger partial charge in [0.1, 0.15) is 0 Å². The van der Waals surface area contributed by atoms with Gasteiger partial charge in [-0.3, -0.25) is 14.6 Å². The summed E-state index contributed by atoms with van der Waals surface area (Å²) in [6, 6.07) is 24.9. The molecule has 8 nitrogen and oxygen atoms in total. The van der Waals surface area contributed by atoms with Crippen LogP contribution in [0, 0.1) is 0 Å². The number of carbonyl (C=O) groups excluding carboxylic acids is 2. The van der Waals surface area contributed by atoms with Crippen molar-refractivity contribution in [2.75, 3.05) is 34.0 Å². The zero-order valence-corrected chi connectivity index (χ0v) is 26.5. The molecule has 1 amide bonds. The normalized spacial score (nSPS) is 16.1. The Morgan fingerprint density at radius 1 is 0.745 bits per heavy atom. The fraction of sp³-hybridized carbons (Fsp3) is 0.256. The minimum atomic E-state index is -0.0109. The number of methoxy groups -OCH3 is 2. The van der Waals surface area contributed by atoms with Crippen LogP contribution in [-0.2, 0) is 0 Å². The van der Waals surface area contributed by atoms with E-state index in [1.54, 1.807) is 26.4 Å². The zero-order chi connectivity index (χ0) is 32.3. The third-order valence-corrected chi connectivity index (χ3v) is 8.93. The average molecular weight is 629 g/mol. The average Bonchev–Trinajstić information content (AvgIpc) is 3.54. The highest BCUT2D eigenvalue weighted by Gasteiger charge is 2.32. The van der Waals surface area contributed by atoms with Crippen LogP contribution in [0.15, 0.2) is 83.9 Å². The number of unbranched alkanes of at least 4 members (excludes halogenated alkanes) is 1. The zero-order valence-electron chi connectivity index (χ0n) is 26.5. The van der Waals surface area contributed by atoms with E-state index in [2.05, 4.69) is 11.1 Å². The second kappa shape index (κ2) is 13.2. The summed E-state index contributed by atoms with van der Waals surface area (Å²) >= 11 is 0. The van der Waals surface area contributed by atoms with Crippen molar-refractivity contribution in [3.05, 3.63) is 112 Å². The molecule has 0 saturated carbocycles. The van der Waals surface area contributed by atoms with Crippen LogP contribution >= 0.6 is 0 Å². The third-order valence-electron chi connectivity index (χ3n) is 8.93. The van der Waals surface area contributed by atoms with Crippen molar-refractivity contribution < 1.29 is 28.5 Å². The number of fused-ring (bicyclic) bond motifs is 4. The maximum Gasteiger partial charge on any atom is 0.256 e. The van der Waals surface area contributed by atoms with Crippen LogP contribution in [0.25, 0.3) is 11.6 Å². The standard InChI is InChI=1S/C39H36N2O6/c1-44-35-21-25(20-31-27-11-3-5-13-29(27)38(42)30-14-6-4-12-28(30)31)15-16-34(35)46-18-7-8-19-47-37-23-33-32(22-36(37)45-2)39(43)41-17-9-10-26(41)24-40-33/h3-6,11-16,20-24,26H,7-10,17-19H2,1-2H3/t26-/m0/s1.